The predicted molar refractivity (Wildman–Crippen MR) is 169 cm³/mol. The zero-order chi connectivity index (χ0) is 33.9. The Labute approximate surface area is 278 Å². The molecule has 16 heteroatoms. The highest BCUT2D eigenvalue weighted by Crippen LogP contribution is 2.44. The zero-order valence-electron chi connectivity index (χ0n) is 26.1. The maximum absolute atomic E-state index is 13.9. The topological polar surface area (TPSA) is 171 Å². The summed E-state index contributed by atoms with van der Waals surface area (Å²) in [7, 11) is 0. The highest BCUT2D eigenvalue weighted by atomic mass is 32.2. The number of nitrogens with zero attached hydrogens (tertiary/aromatic N) is 5. The molecular formula is C32H34F2N6O7S. The van der Waals surface area contributed by atoms with Gasteiger partial charge in [-0.1, -0.05) is 42.1 Å². The number of rotatable bonds is 13. The maximum Gasteiger partial charge on any atom is 0.342 e. The standard InChI is InChI=1S/C32H34F2N6O7S/c1-3-12-48-32-36-29(35-22-14-19(22)17-8-9-20(33)21(34)13-17)26-30(37-32)40(39-38-26)23-15-25(45-11-10-41)28(27(23)43)47-31(44)18-6-4-5-7-24(18)46-16(2)42/h4-9,13,19,22-23,25,27-28,41,43H,3,10-12,14-15H2,1-2H3,(H,35,36,37)/t19-,22?,23+,25-,27-,28+/m0/s1. The molecular weight excluding hydrogens is 650 g/mol. The fourth-order valence-corrected chi connectivity index (χ4v) is 6.50. The number of halogens is 2. The van der Waals surface area contributed by atoms with Gasteiger partial charge in [-0.25, -0.2) is 28.2 Å². The fraction of sp³-hybridized carbons (Fsp3) is 0.438. The van der Waals surface area contributed by atoms with Gasteiger partial charge in [0, 0.05) is 31.1 Å². The minimum Gasteiger partial charge on any atom is -0.453 e. The molecule has 2 fully saturated rings. The Kier molecular flexibility index (Phi) is 10.1. The Hall–Kier alpha value is -4.25. The van der Waals surface area contributed by atoms with Crippen molar-refractivity contribution in [1.82, 2.24) is 25.0 Å². The first-order chi connectivity index (χ1) is 23.2. The molecule has 0 saturated heterocycles. The van der Waals surface area contributed by atoms with E-state index < -0.39 is 47.9 Å². The molecule has 0 aliphatic heterocycles. The molecule has 0 spiro atoms. The number of aromatic nitrogens is 5. The lowest BCUT2D eigenvalue weighted by Gasteiger charge is -2.23. The zero-order valence-corrected chi connectivity index (χ0v) is 26.9. The number of hydrogen-bond donors (Lipinski definition) is 3. The van der Waals surface area contributed by atoms with Crippen LogP contribution in [-0.2, 0) is 14.3 Å². The smallest absolute Gasteiger partial charge is 0.342 e. The molecule has 6 atom stereocenters. The summed E-state index contributed by atoms with van der Waals surface area (Å²) < 4.78 is 45.6. The summed E-state index contributed by atoms with van der Waals surface area (Å²) in [5, 5.41) is 33.5. The third-order valence-corrected chi connectivity index (χ3v) is 9.19. The second-order valence-corrected chi connectivity index (χ2v) is 12.6. The summed E-state index contributed by atoms with van der Waals surface area (Å²) in [6.45, 7) is 2.86. The number of benzene rings is 2. The van der Waals surface area contributed by atoms with Gasteiger partial charge in [0.1, 0.15) is 17.4 Å². The molecule has 254 valence electrons. The number of anilines is 1. The fourth-order valence-electron chi connectivity index (χ4n) is 5.81. The average Bonchev–Trinajstić information content (AvgIpc) is 3.60. The molecule has 0 bridgehead atoms. The molecule has 13 nitrogen and oxygen atoms in total. The van der Waals surface area contributed by atoms with Crippen molar-refractivity contribution in [2.75, 3.05) is 24.3 Å². The predicted octanol–water partition coefficient (Wildman–Crippen LogP) is 3.80. The van der Waals surface area contributed by atoms with Crippen molar-refractivity contribution in [3.63, 3.8) is 0 Å². The first-order valence-electron chi connectivity index (χ1n) is 15.5. The van der Waals surface area contributed by atoms with E-state index in [9.17, 15) is 28.6 Å². The summed E-state index contributed by atoms with van der Waals surface area (Å²) in [6.07, 6.45) is -1.68. The quantitative estimate of drug-likeness (QED) is 0.0805. The molecule has 2 aromatic carbocycles. The summed E-state index contributed by atoms with van der Waals surface area (Å²) in [4.78, 5) is 34.3. The van der Waals surface area contributed by atoms with Gasteiger partial charge >= 0.3 is 11.9 Å². The van der Waals surface area contributed by atoms with E-state index in [-0.39, 0.29) is 42.9 Å². The van der Waals surface area contributed by atoms with Gasteiger partial charge in [0.05, 0.1) is 25.4 Å². The van der Waals surface area contributed by atoms with Gasteiger partial charge in [0.25, 0.3) is 0 Å². The van der Waals surface area contributed by atoms with E-state index in [0.717, 1.165) is 18.2 Å². The molecule has 2 aliphatic carbocycles. The van der Waals surface area contributed by atoms with Crippen LogP contribution in [0.25, 0.3) is 11.2 Å². The normalized spacial score (nSPS) is 23.3. The number of nitrogens with one attached hydrogen (secondary N) is 1. The van der Waals surface area contributed by atoms with Gasteiger partial charge in [-0.05, 0) is 42.7 Å². The van der Waals surface area contributed by atoms with Crippen molar-refractivity contribution < 1.29 is 42.8 Å². The number of hydrogen-bond acceptors (Lipinski definition) is 13. The molecule has 2 aliphatic rings. The first-order valence-corrected chi connectivity index (χ1v) is 16.5. The van der Waals surface area contributed by atoms with Gasteiger partial charge in [-0.3, -0.25) is 4.79 Å². The molecule has 6 rings (SSSR count). The van der Waals surface area contributed by atoms with Crippen LogP contribution in [-0.4, -0.2) is 90.4 Å². The summed E-state index contributed by atoms with van der Waals surface area (Å²) in [5.41, 5.74) is 1.31. The number of thioether (sulfide) groups is 1. The Morgan fingerprint density at radius 1 is 1.12 bits per heavy atom. The van der Waals surface area contributed by atoms with Crippen molar-refractivity contribution in [3.8, 4) is 5.75 Å². The lowest BCUT2D eigenvalue weighted by molar-refractivity contribution is -0.131. The number of aliphatic hydroxyl groups excluding tert-OH is 2. The third kappa shape index (κ3) is 7.11. The minimum absolute atomic E-state index is 0.00503. The van der Waals surface area contributed by atoms with Crippen LogP contribution in [0.1, 0.15) is 61.0 Å². The number of para-hydroxylation sites is 1. The van der Waals surface area contributed by atoms with Crippen LogP contribution in [0.5, 0.6) is 5.75 Å². The lowest BCUT2D eigenvalue weighted by Crippen LogP contribution is -2.38. The Morgan fingerprint density at radius 2 is 1.94 bits per heavy atom. The summed E-state index contributed by atoms with van der Waals surface area (Å²) >= 11 is 1.43. The SMILES string of the molecule is CCCSc1nc(NC2C[C@H]2c2ccc(F)c(F)c2)c2nnn([C@@H]3C[C@H](OCCO)[C@@H](OC(=O)c4ccccc4OC(C)=O)[C@H]3O)c2n1. The Morgan fingerprint density at radius 3 is 2.69 bits per heavy atom. The van der Waals surface area contributed by atoms with Crippen LogP contribution in [0.2, 0.25) is 0 Å². The highest BCUT2D eigenvalue weighted by Gasteiger charge is 2.48. The van der Waals surface area contributed by atoms with Gasteiger partial charge in [0.2, 0.25) is 0 Å². The van der Waals surface area contributed by atoms with Gasteiger partial charge < -0.3 is 29.7 Å². The van der Waals surface area contributed by atoms with E-state index >= 15 is 0 Å². The van der Waals surface area contributed by atoms with Crippen molar-refractivity contribution in [1.29, 1.82) is 0 Å². The highest BCUT2D eigenvalue weighted by molar-refractivity contribution is 7.99. The van der Waals surface area contributed by atoms with Gasteiger partial charge in [-0.2, -0.15) is 0 Å². The lowest BCUT2D eigenvalue weighted by atomic mass is 10.1. The van der Waals surface area contributed by atoms with E-state index in [1.807, 2.05) is 6.92 Å². The summed E-state index contributed by atoms with van der Waals surface area (Å²) in [5.74, 6) is -2.18. The molecule has 0 radical (unpaired) electrons. The van der Waals surface area contributed by atoms with E-state index in [2.05, 4.69) is 20.6 Å². The van der Waals surface area contributed by atoms with Crippen LogP contribution in [0.15, 0.2) is 47.6 Å². The second-order valence-electron chi connectivity index (χ2n) is 11.6. The number of aliphatic hydroxyl groups is 2. The second kappa shape index (κ2) is 14.5. The van der Waals surface area contributed by atoms with E-state index in [1.165, 1.54) is 41.6 Å². The number of carbonyl (C=O) groups excluding carboxylic acids is 2. The van der Waals surface area contributed by atoms with Crippen molar-refractivity contribution in [3.05, 3.63) is 65.2 Å². The molecule has 2 saturated carbocycles. The van der Waals surface area contributed by atoms with Crippen LogP contribution >= 0.6 is 11.8 Å². The largest absolute Gasteiger partial charge is 0.453 e. The van der Waals surface area contributed by atoms with Gasteiger partial charge in [-0.15, -0.1) is 5.10 Å². The van der Waals surface area contributed by atoms with Crippen LogP contribution in [0, 0.1) is 11.6 Å². The van der Waals surface area contributed by atoms with Crippen molar-refractivity contribution >= 4 is 40.7 Å². The average molecular weight is 685 g/mol. The molecule has 2 aromatic heterocycles. The first kappa shape index (κ1) is 33.6. The molecule has 1 unspecified atom stereocenters. The van der Waals surface area contributed by atoms with E-state index in [1.54, 1.807) is 18.2 Å². The van der Waals surface area contributed by atoms with Crippen LogP contribution < -0.4 is 10.1 Å². The van der Waals surface area contributed by atoms with E-state index in [0.29, 0.717) is 34.1 Å². The number of fused-ring (bicyclic) bond motifs is 1. The Balaban J connectivity index is 1.28. The number of ether oxygens (including phenoxy) is 3. The van der Waals surface area contributed by atoms with Crippen molar-refractivity contribution in [2.24, 2.45) is 0 Å². The molecule has 0 amide bonds. The van der Waals surface area contributed by atoms with Crippen LogP contribution in [0.4, 0.5) is 14.6 Å². The maximum atomic E-state index is 13.9. The molecule has 4 aromatic rings. The van der Waals surface area contributed by atoms with Crippen molar-refractivity contribution in [2.45, 2.75) is 74.6 Å². The number of carbonyl (C=O) groups is 2. The number of esters is 2. The molecule has 48 heavy (non-hydrogen) atoms. The van der Waals surface area contributed by atoms with E-state index in [4.69, 9.17) is 19.2 Å². The minimum atomic E-state index is -1.33. The molecule has 2 heterocycles. The monoisotopic (exact) mass is 684 g/mol. The van der Waals surface area contributed by atoms with Crippen LogP contribution in [0.3, 0.4) is 0 Å². The van der Waals surface area contributed by atoms with Gasteiger partial charge in [0.15, 0.2) is 39.9 Å². The Bertz CT molecular complexity index is 1810. The summed E-state index contributed by atoms with van der Waals surface area (Å²) in [6, 6.07) is 9.03. The molecule has 3 N–H and O–H groups in total. The third-order valence-electron chi connectivity index (χ3n) is 8.14.